The Hall–Kier alpha value is 0.210. The topological polar surface area (TPSA) is 38.0 Å². The number of hydrogen-bond donors (Lipinski definition) is 2. The van der Waals surface area contributed by atoms with Crippen LogP contribution in [0.2, 0.25) is 0 Å². The van der Waals surface area contributed by atoms with Crippen LogP contribution in [-0.2, 0) is 0 Å². The van der Waals surface area contributed by atoms with E-state index in [0.29, 0.717) is 12.1 Å². The van der Waals surface area contributed by atoms with Gasteiger partial charge in [0.15, 0.2) is 0 Å². The number of nitrogens with two attached hydrogens (primary N) is 1. The SMILES string of the molecule is CC(C)NC1CCC(N)(Cl)CC1. The van der Waals surface area contributed by atoms with E-state index in [1.54, 1.807) is 0 Å². The first-order valence-electron chi connectivity index (χ1n) is 4.73. The largest absolute Gasteiger partial charge is 0.313 e. The van der Waals surface area contributed by atoms with Crippen LogP contribution < -0.4 is 11.1 Å². The van der Waals surface area contributed by atoms with E-state index in [4.69, 9.17) is 17.3 Å². The first kappa shape index (κ1) is 10.3. The minimum atomic E-state index is -0.421. The first-order valence-corrected chi connectivity index (χ1v) is 5.11. The lowest BCUT2D eigenvalue weighted by Gasteiger charge is -2.33. The molecule has 0 heterocycles. The molecular formula is C9H19ClN2. The van der Waals surface area contributed by atoms with Gasteiger partial charge >= 0.3 is 0 Å². The number of hydrogen-bond acceptors (Lipinski definition) is 2. The molecule has 2 nitrogen and oxygen atoms in total. The molecule has 0 aromatic heterocycles. The molecule has 0 spiro atoms. The summed E-state index contributed by atoms with van der Waals surface area (Å²) < 4.78 is 0. The van der Waals surface area contributed by atoms with E-state index >= 15 is 0 Å². The predicted molar refractivity (Wildman–Crippen MR) is 53.3 cm³/mol. The zero-order valence-electron chi connectivity index (χ0n) is 7.94. The van der Waals surface area contributed by atoms with Crippen molar-refractivity contribution >= 4 is 11.6 Å². The molecule has 1 fully saturated rings. The minimum absolute atomic E-state index is 0.421. The zero-order valence-corrected chi connectivity index (χ0v) is 8.69. The quantitative estimate of drug-likeness (QED) is 0.515. The van der Waals surface area contributed by atoms with Crippen LogP contribution in [0.15, 0.2) is 0 Å². The highest BCUT2D eigenvalue weighted by Crippen LogP contribution is 2.29. The molecule has 1 saturated carbocycles. The standard InChI is InChI=1S/C9H19ClN2/c1-7(2)12-8-3-5-9(10,11)6-4-8/h7-8,12H,3-6,11H2,1-2H3. The summed E-state index contributed by atoms with van der Waals surface area (Å²) in [6.07, 6.45) is 4.08. The molecule has 1 aliphatic carbocycles. The van der Waals surface area contributed by atoms with Crippen molar-refractivity contribution in [3.63, 3.8) is 0 Å². The third kappa shape index (κ3) is 3.30. The smallest absolute Gasteiger partial charge is 0.0912 e. The molecule has 1 aliphatic rings. The van der Waals surface area contributed by atoms with E-state index in [1.165, 1.54) is 0 Å². The Kier molecular flexibility index (Phi) is 3.38. The van der Waals surface area contributed by atoms with Gasteiger partial charge in [-0.3, -0.25) is 0 Å². The van der Waals surface area contributed by atoms with Gasteiger partial charge in [-0.1, -0.05) is 13.8 Å². The summed E-state index contributed by atoms with van der Waals surface area (Å²) >= 11 is 6.02. The van der Waals surface area contributed by atoms with Crippen LogP contribution in [0.3, 0.4) is 0 Å². The fourth-order valence-electron chi connectivity index (χ4n) is 1.74. The molecule has 0 aromatic carbocycles. The van der Waals surface area contributed by atoms with Gasteiger partial charge < -0.3 is 11.1 Å². The fraction of sp³-hybridized carbons (Fsp3) is 1.00. The lowest BCUT2D eigenvalue weighted by molar-refractivity contribution is 0.304. The van der Waals surface area contributed by atoms with Crippen molar-refractivity contribution in [3.05, 3.63) is 0 Å². The van der Waals surface area contributed by atoms with Crippen molar-refractivity contribution in [3.8, 4) is 0 Å². The lowest BCUT2D eigenvalue weighted by atomic mass is 9.91. The van der Waals surface area contributed by atoms with Crippen LogP contribution in [0.25, 0.3) is 0 Å². The van der Waals surface area contributed by atoms with Crippen molar-refractivity contribution in [2.75, 3.05) is 0 Å². The Labute approximate surface area is 79.8 Å². The predicted octanol–water partition coefficient (Wildman–Crippen LogP) is 1.82. The molecule has 0 amide bonds. The second-order valence-corrected chi connectivity index (χ2v) is 4.88. The van der Waals surface area contributed by atoms with Gasteiger partial charge in [0.2, 0.25) is 0 Å². The molecular weight excluding hydrogens is 172 g/mol. The van der Waals surface area contributed by atoms with Crippen molar-refractivity contribution in [1.82, 2.24) is 5.32 Å². The Morgan fingerprint density at radius 2 is 1.92 bits per heavy atom. The van der Waals surface area contributed by atoms with Gasteiger partial charge in [0, 0.05) is 12.1 Å². The van der Waals surface area contributed by atoms with Gasteiger partial charge in [0.25, 0.3) is 0 Å². The molecule has 0 bridgehead atoms. The molecule has 0 aliphatic heterocycles. The Morgan fingerprint density at radius 1 is 1.42 bits per heavy atom. The number of alkyl halides is 1. The third-order valence-corrected chi connectivity index (χ3v) is 2.76. The van der Waals surface area contributed by atoms with E-state index < -0.39 is 5.00 Å². The summed E-state index contributed by atoms with van der Waals surface area (Å²) in [5.74, 6) is 0. The Balaban J connectivity index is 2.27. The molecule has 72 valence electrons. The van der Waals surface area contributed by atoms with Crippen molar-refractivity contribution < 1.29 is 0 Å². The van der Waals surface area contributed by atoms with Gasteiger partial charge in [0.05, 0.1) is 5.00 Å². The molecule has 1 rings (SSSR count). The molecule has 0 saturated heterocycles. The van der Waals surface area contributed by atoms with Crippen molar-refractivity contribution in [2.45, 2.75) is 56.6 Å². The van der Waals surface area contributed by atoms with Gasteiger partial charge in [-0.05, 0) is 25.7 Å². The zero-order chi connectivity index (χ0) is 9.19. The highest BCUT2D eigenvalue weighted by Gasteiger charge is 2.29. The van der Waals surface area contributed by atoms with Crippen molar-refractivity contribution in [1.29, 1.82) is 0 Å². The normalized spacial score (nSPS) is 37.2. The molecule has 3 N–H and O–H groups in total. The van der Waals surface area contributed by atoms with Crippen LogP contribution >= 0.6 is 11.6 Å². The van der Waals surface area contributed by atoms with Gasteiger partial charge in [-0.2, -0.15) is 0 Å². The maximum atomic E-state index is 6.02. The Bertz CT molecular complexity index is 135. The molecule has 3 heteroatoms. The number of halogens is 1. The fourth-order valence-corrected chi connectivity index (χ4v) is 1.95. The maximum Gasteiger partial charge on any atom is 0.0912 e. The Morgan fingerprint density at radius 3 is 2.33 bits per heavy atom. The highest BCUT2D eigenvalue weighted by molar-refractivity contribution is 6.23. The summed E-state index contributed by atoms with van der Waals surface area (Å²) in [5, 5.41) is 3.51. The summed E-state index contributed by atoms with van der Waals surface area (Å²) in [6.45, 7) is 4.34. The van der Waals surface area contributed by atoms with Crippen LogP contribution in [0, 0.1) is 0 Å². The van der Waals surface area contributed by atoms with Crippen LogP contribution in [0.5, 0.6) is 0 Å². The minimum Gasteiger partial charge on any atom is -0.313 e. The van der Waals surface area contributed by atoms with E-state index in [9.17, 15) is 0 Å². The molecule has 0 unspecified atom stereocenters. The van der Waals surface area contributed by atoms with Crippen LogP contribution in [0.4, 0.5) is 0 Å². The van der Waals surface area contributed by atoms with Crippen molar-refractivity contribution in [2.24, 2.45) is 5.73 Å². The summed E-state index contributed by atoms with van der Waals surface area (Å²) in [6, 6.07) is 1.19. The molecule has 0 radical (unpaired) electrons. The highest BCUT2D eigenvalue weighted by atomic mass is 35.5. The first-order chi connectivity index (χ1) is 5.49. The van der Waals surface area contributed by atoms with E-state index in [2.05, 4.69) is 19.2 Å². The monoisotopic (exact) mass is 190 g/mol. The average Bonchev–Trinajstić information content (AvgIpc) is 1.93. The second kappa shape index (κ2) is 3.95. The van der Waals surface area contributed by atoms with E-state index in [-0.39, 0.29) is 0 Å². The lowest BCUT2D eigenvalue weighted by Crippen LogP contribution is -2.45. The molecule has 12 heavy (non-hydrogen) atoms. The van der Waals surface area contributed by atoms with Gasteiger partial charge in [-0.25, -0.2) is 0 Å². The van der Waals surface area contributed by atoms with E-state index in [1.807, 2.05) is 0 Å². The van der Waals surface area contributed by atoms with Crippen LogP contribution in [-0.4, -0.2) is 17.1 Å². The summed E-state index contributed by atoms with van der Waals surface area (Å²) in [4.78, 5) is -0.421. The van der Waals surface area contributed by atoms with Gasteiger partial charge in [0.1, 0.15) is 0 Å². The average molecular weight is 191 g/mol. The van der Waals surface area contributed by atoms with Crippen LogP contribution in [0.1, 0.15) is 39.5 Å². The summed E-state index contributed by atoms with van der Waals surface area (Å²) in [5.41, 5.74) is 5.81. The summed E-state index contributed by atoms with van der Waals surface area (Å²) in [7, 11) is 0. The third-order valence-electron chi connectivity index (χ3n) is 2.39. The maximum absolute atomic E-state index is 6.02. The number of nitrogens with one attached hydrogen (secondary N) is 1. The molecule has 0 aromatic rings. The van der Waals surface area contributed by atoms with E-state index in [0.717, 1.165) is 25.7 Å². The second-order valence-electron chi connectivity index (χ2n) is 4.13. The molecule has 0 atom stereocenters. The van der Waals surface area contributed by atoms with Gasteiger partial charge in [-0.15, -0.1) is 11.6 Å². The number of rotatable bonds is 2.